The van der Waals surface area contributed by atoms with Crippen LogP contribution in [0.5, 0.6) is 0 Å². The number of esters is 2. The molecule has 8 heteroatoms. The van der Waals surface area contributed by atoms with Gasteiger partial charge in [0.25, 0.3) is 0 Å². The van der Waals surface area contributed by atoms with E-state index in [1.807, 2.05) is 36.4 Å². The average Bonchev–Trinajstić information content (AvgIpc) is 3.05. The zero-order valence-corrected chi connectivity index (χ0v) is 26.4. The number of carbonyl (C=O) groups excluding carboxylic acids is 2. The molecule has 4 rings (SSSR count). The highest BCUT2D eigenvalue weighted by molar-refractivity contribution is 5.89. The smallest absolute Gasteiger partial charge is 0.338 e. The molecule has 2 aliphatic heterocycles. The van der Waals surface area contributed by atoms with Crippen LogP contribution in [0.25, 0.3) is 0 Å². The molecule has 6 atom stereocenters. The lowest BCUT2D eigenvalue weighted by Crippen LogP contribution is -2.64. The van der Waals surface area contributed by atoms with Gasteiger partial charge in [-0.15, -0.1) is 0 Å². The van der Waals surface area contributed by atoms with Gasteiger partial charge in [-0.25, -0.2) is 4.79 Å². The van der Waals surface area contributed by atoms with Gasteiger partial charge in [0, 0.05) is 19.1 Å². The van der Waals surface area contributed by atoms with Crippen molar-refractivity contribution in [2.75, 3.05) is 13.2 Å². The summed E-state index contributed by atoms with van der Waals surface area (Å²) in [5.41, 5.74) is 1.21. The predicted octanol–water partition coefficient (Wildman–Crippen LogP) is 7.70. The lowest BCUT2D eigenvalue weighted by Gasteiger charge is -2.48. The third kappa shape index (κ3) is 10.7. The van der Waals surface area contributed by atoms with Crippen LogP contribution < -0.4 is 0 Å². The Labute approximate surface area is 262 Å². The lowest BCUT2D eigenvalue weighted by molar-refractivity contribution is -0.361. The molecule has 0 N–H and O–H groups in total. The summed E-state index contributed by atoms with van der Waals surface area (Å²) >= 11 is 0. The molecule has 2 saturated heterocycles. The second-order valence-electron chi connectivity index (χ2n) is 11.8. The molecule has 242 valence electrons. The molecule has 0 amide bonds. The van der Waals surface area contributed by atoms with Gasteiger partial charge in [-0.2, -0.15) is 0 Å². The predicted molar refractivity (Wildman–Crippen MR) is 167 cm³/mol. The third-order valence-electron chi connectivity index (χ3n) is 8.19. The SMILES string of the molecule is CCCCCCCCCCCCCCO[C@@H]1O[C@@H]2COC(c3ccccc3)O[C@@H]2[C@H](OC(=O)c2ccccc2)[C@H]1OC(C)=O. The summed E-state index contributed by atoms with van der Waals surface area (Å²) in [6.45, 7) is 4.21. The maximum atomic E-state index is 13.2. The molecule has 2 aromatic rings. The van der Waals surface area contributed by atoms with Crippen LogP contribution in [-0.4, -0.2) is 55.9 Å². The van der Waals surface area contributed by atoms with E-state index >= 15 is 0 Å². The quantitative estimate of drug-likeness (QED) is 0.125. The van der Waals surface area contributed by atoms with Crippen molar-refractivity contribution < 1.29 is 38.0 Å². The summed E-state index contributed by atoms with van der Waals surface area (Å²) in [6.07, 6.45) is 10.0. The summed E-state index contributed by atoms with van der Waals surface area (Å²) < 4.78 is 36.5. The van der Waals surface area contributed by atoms with Crippen molar-refractivity contribution >= 4 is 11.9 Å². The number of hydrogen-bond donors (Lipinski definition) is 0. The Balaban J connectivity index is 1.33. The standard InChI is InChI=1S/C36H50O8/c1-3-4-5-6-7-8-9-10-11-12-13-20-25-39-36-33(41-27(2)37)32(43-34(38)28-21-16-14-17-22-28)31-30(42-36)26-40-35(44-31)29-23-18-15-19-24-29/h14-19,21-24,30-33,35-36H,3-13,20,25-26H2,1-2H3/t30-,31+,32+,33-,35?,36-/m1/s1. The molecular weight excluding hydrogens is 560 g/mol. The van der Waals surface area contributed by atoms with E-state index in [4.69, 9.17) is 28.4 Å². The van der Waals surface area contributed by atoms with Gasteiger partial charge in [-0.3, -0.25) is 4.79 Å². The van der Waals surface area contributed by atoms with Crippen molar-refractivity contribution in [1.82, 2.24) is 0 Å². The molecule has 2 fully saturated rings. The van der Waals surface area contributed by atoms with Crippen LogP contribution in [-0.2, 0) is 33.2 Å². The van der Waals surface area contributed by atoms with Crippen molar-refractivity contribution in [3.8, 4) is 0 Å². The Kier molecular flexibility index (Phi) is 14.6. The number of fused-ring (bicyclic) bond motifs is 1. The van der Waals surface area contributed by atoms with Crippen molar-refractivity contribution in [3.05, 3.63) is 71.8 Å². The van der Waals surface area contributed by atoms with E-state index < -0.39 is 48.9 Å². The minimum atomic E-state index is -1.01. The fourth-order valence-electron chi connectivity index (χ4n) is 5.82. The van der Waals surface area contributed by atoms with Crippen LogP contribution in [0.3, 0.4) is 0 Å². The van der Waals surface area contributed by atoms with Gasteiger partial charge in [0.2, 0.25) is 0 Å². The Bertz CT molecular complexity index is 1090. The maximum Gasteiger partial charge on any atom is 0.338 e. The molecule has 0 saturated carbocycles. The number of hydrogen-bond acceptors (Lipinski definition) is 8. The van der Waals surface area contributed by atoms with Gasteiger partial charge in [-0.05, 0) is 18.6 Å². The molecule has 0 bridgehead atoms. The molecule has 0 radical (unpaired) electrons. The molecule has 0 aromatic heterocycles. The van der Waals surface area contributed by atoms with E-state index in [0.717, 1.165) is 24.8 Å². The second kappa shape index (κ2) is 18.9. The molecular formula is C36H50O8. The van der Waals surface area contributed by atoms with Crippen LogP contribution >= 0.6 is 0 Å². The van der Waals surface area contributed by atoms with Crippen molar-refractivity contribution in [2.45, 2.75) is 128 Å². The van der Waals surface area contributed by atoms with Crippen LogP contribution in [0.2, 0.25) is 0 Å². The van der Waals surface area contributed by atoms with Crippen LogP contribution in [0.15, 0.2) is 60.7 Å². The summed E-state index contributed by atoms with van der Waals surface area (Å²) in [6, 6.07) is 18.3. The van der Waals surface area contributed by atoms with Gasteiger partial charge >= 0.3 is 11.9 Å². The first kappa shape index (κ1) is 34.1. The minimum absolute atomic E-state index is 0.203. The number of carbonyl (C=O) groups is 2. The first-order valence-electron chi connectivity index (χ1n) is 16.6. The number of rotatable bonds is 18. The Morgan fingerprint density at radius 2 is 1.32 bits per heavy atom. The van der Waals surface area contributed by atoms with Crippen molar-refractivity contribution in [2.24, 2.45) is 0 Å². The second-order valence-corrected chi connectivity index (χ2v) is 11.8. The van der Waals surface area contributed by atoms with Gasteiger partial charge in [0.1, 0.15) is 12.2 Å². The Morgan fingerprint density at radius 3 is 1.93 bits per heavy atom. The third-order valence-corrected chi connectivity index (χ3v) is 8.19. The van der Waals surface area contributed by atoms with E-state index in [1.165, 1.54) is 64.7 Å². The first-order valence-corrected chi connectivity index (χ1v) is 16.6. The number of benzene rings is 2. The summed E-state index contributed by atoms with van der Waals surface area (Å²) in [5.74, 6) is -1.07. The highest BCUT2D eigenvalue weighted by Crippen LogP contribution is 2.37. The fourth-order valence-corrected chi connectivity index (χ4v) is 5.82. The number of unbranched alkanes of at least 4 members (excludes halogenated alkanes) is 11. The average molecular weight is 611 g/mol. The fraction of sp³-hybridized carbons (Fsp3) is 0.611. The van der Waals surface area contributed by atoms with E-state index in [2.05, 4.69) is 6.92 Å². The Morgan fingerprint density at radius 1 is 0.727 bits per heavy atom. The maximum absolute atomic E-state index is 13.2. The molecule has 2 aromatic carbocycles. The molecule has 44 heavy (non-hydrogen) atoms. The van der Waals surface area contributed by atoms with Crippen LogP contribution in [0.1, 0.15) is 113 Å². The molecule has 0 aliphatic carbocycles. The monoisotopic (exact) mass is 610 g/mol. The normalized spacial score (nSPS) is 24.8. The van der Waals surface area contributed by atoms with E-state index in [-0.39, 0.29) is 6.61 Å². The molecule has 8 nitrogen and oxygen atoms in total. The summed E-state index contributed by atoms with van der Waals surface area (Å²) in [7, 11) is 0. The largest absolute Gasteiger partial charge is 0.453 e. The molecule has 0 spiro atoms. The number of ether oxygens (including phenoxy) is 6. The van der Waals surface area contributed by atoms with Gasteiger partial charge in [0.05, 0.1) is 12.2 Å². The molecule has 1 unspecified atom stereocenters. The molecule has 2 heterocycles. The first-order chi connectivity index (χ1) is 21.6. The van der Waals surface area contributed by atoms with E-state index in [1.54, 1.807) is 24.3 Å². The zero-order valence-electron chi connectivity index (χ0n) is 26.4. The van der Waals surface area contributed by atoms with E-state index in [0.29, 0.717) is 12.2 Å². The van der Waals surface area contributed by atoms with Gasteiger partial charge in [0.15, 0.2) is 24.8 Å². The van der Waals surface area contributed by atoms with Gasteiger partial charge < -0.3 is 28.4 Å². The lowest BCUT2D eigenvalue weighted by atomic mass is 9.97. The Hall–Kier alpha value is -2.78. The van der Waals surface area contributed by atoms with Gasteiger partial charge in [-0.1, -0.05) is 126 Å². The molecule has 2 aliphatic rings. The van der Waals surface area contributed by atoms with Crippen LogP contribution in [0, 0.1) is 0 Å². The summed E-state index contributed by atoms with van der Waals surface area (Å²) in [4.78, 5) is 25.5. The minimum Gasteiger partial charge on any atom is -0.453 e. The van der Waals surface area contributed by atoms with Crippen molar-refractivity contribution in [1.29, 1.82) is 0 Å². The summed E-state index contributed by atoms with van der Waals surface area (Å²) in [5, 5.41) is 0. The highest BCUT2D eigenvalue weighted by atomic mass is 16.8. The van der Waals surface area contributed by atoms with Crippen LogP contribution in [0.4, 0.5) is 0 Å². The topological polar surface area (TPSA) is 89.5 Å². The highest BCUT2D eigenvalue weighted by Gasteiger charge is 2.54. The zero-order chi connectivity index (χ0) is 31.0. The van der Waals surface area contributed by atoms with Crippen molar-refractivity contribution in [3.63, 3.8) is 0 Å². The van der Waals surface area contributed by atoms with E-state index in [9.17, 15) is 9.59 Å².